The van der Waals surface area contributed by atoms with Gasteiger partial charge >= 0.3 is 12.0 Å². The number of nitrogens with zero attached hydrogens (tertiary/aromatic N) is 4. The molecule has 1 aliphatic heterocycles. The molecule has 0 fully saturated rings. The van der Waals surface area contributed by atoms with Crippen molar-refractivity contribution in [2.75, 3.05) is 14.2 Å². The molecule has 0 aliphatic carbocycles. The number of para-hydroxylation sites is 1. The van der Waals surface area contributed by atoms with Crippen LogP contribution in [0.4, 0.5) is 10.5 Å². The first-order chi connectivity index (χ1) is 15.8. The van der Waals surface area contributed by atoms with Gasteiger partial charge in [0.15, 0.2) is 0 Å². The minimum Gasteiger partial charge on any atom is -0.466 e. The van der Waals surface area contributed by atoms with E-state index in [2.05, 4.69) is 10.4 Å². The molecule has 0 spiro atoms. The number of hydrogen-bond acceptors (Lipinski definition) is 6. The van der Waals surface area contributed by atoms with E-state index in [0.29, 0.717) is 22.5 Å². The lowest BCUT2D eigenvalue weighted by molar-refractivity contribution is -0.384. The summed E-state index contributed by atoms with van der Waals surface area (Å²) in [6.45, 7) is 1.66. The van der Waals surface area contributed by atoms with Crippen LogP contribution in [0.5, 0.6) is 0 Å². The SMILES string of the molecule is COC(=O)C1=C(C)N(C)C(=O)NC1c1cn(-c2ccccc2)nc1-c1cccc([N+](=O)[O-])c1. The number of methoxy groups -OCH3 is 1. The second-order valence-corrected chi connectivity index (χ2v) is 7.45. The Morgan fingerprint density at radius 2 is 1.91 bits per heavy atom. The van der Waals surface area contributed by atoms with E-state index in [9.17, 15) is 19.7 Å². The lowest BCUT2D eigenvalue weighted by Gasteiger charge is -2.32. The Morgan fingerprint density at radius 1 is 1.18 bits per heavy atom. The fourth-order valence-electron chi connectivity index (χ4n) is 3.75. The van der Waals surface area contributed by atoms with Crippen LogP contribution in [-0.2, 0) is 9.53 Å². The molecule has 0 saturated carbocycles. The molecule has 0 radical (unpaired) electrons. The van der Waals surface area contributed by atoms with E-state index >= 15 is 0 Å². The van der Waals surface area contributed by atoms with Crippen LogP contribution in [0.3, 0.4) is 0 Å². The van der Waals surface area contributed by atoms with Crippen LogP contribution in [0.25, 0.3) is 16.9 Å². The smallest absolute Gasteiger partial charge is 0.337 e. The van der Waals surface area contributed by atoms with Gasteiger partial charge in [0, 0.05) is 42.2 Å². The van der Waals surface area contributed by atoms with Crippen LogP contribution in [0, 0.1) is 10.1 Å². The highest BCUT2D eigenvalue weighted by molar-refractivity contribution is 5.95. The molecule has 1 N–H and O–H groups in total. The number of nitro benzene ring substituents is 1. The van der Waals surface area contributed by atoms with Crippen molar-refractivity contribution in [3.8, 4) is 16.9 Å². The highest BCUT2D eigenvalue weighted by Gasteiger charge is 2.37. The topological polar surface area (TPSA) is 120 Å². The van der Waals surface area contributed by atoms with Crippen molar-refractivity contribution in [2.24, 2.45) is 0 Å². The summed E-state index contributed by atoms with van der Waals surface area (Å²) in [6.07, 6.45) is 1.70. The number of allylic oxidation sites excluding steroid dienone is 1. The van der Waals surface area contributed by atoms with Gasteiger partial charge in [-0.25, -0.2) is 14.3 Å². The summed E-state index contributed by atoms with van der Waals surface area (Å²) in [4.78, 5) is 37.5. The Morgan fingerprint density at radius 3 is 2.58 bits per heavy atom. The first kappa shape index (κ1) is 21.8. The number of non-ortho nitro benzene ring substituents is 1. The fourth-order valence-corrected chi connectivity index (χ4v) is 3.75. The number of rotatable bonds is 5. The average Bonchev–Trinajstić information content (AvgIpc) is 3.28. The first-order valence-corrected chi connectivity index (χ1v) is 10.0. The molecule has 2 heterocycles. The number of amides is 2. The lowest BCUT2D eigenvalue weighted by Crippen LogP contribution is -2.46. The first-order valence-electron chi connectivity index (χ1n) is 10.0. The summed E-state index contributed by atoms with van der Waals surface area (Å²) in [7, 11) is 2.82. The number of ether oxygens (including phenoxy) is 1. The number of nitrogens with one attached hydrogen (secondary N) is 1. The normalized spacial score (nSPS) is 15.9. The van der Waals surface area contributed by atoms with Gasteiger partial charge in [0.25, 0.3) is 5.69 Å². The molecule has 1 aromatic heterocycles. The molecular formula is C23H21N5O5. The highest BCUT2D eigenvalue weighted by Crippen LogP contribution is 2.37. The predicted molar refractivity (Wildman–Crippen MR) is 119 cm³/mol. The Hall–Kier alpha value is -4.47. The van der Waals surface area contributed by atoms with Gasteiger partial charge in [0.2, 0.25) is 0 Å². The van der Waals surface area contributed by atoms with Gasteiger partial charge in [0.05, 0.1) is 35.0 Å². The van der Waals surface area contributed by atoms with Crippen LogP contribution in [-0.4, -0.2) is 45.8 Å². The number of esters is 1. The van der Waals surface area contributed by atoms with E-state index < -0.39 is 23.0 Å². The minimum absolute atomic E-state index is 0.0972. The summed E-state index contributed by atoms with van der Waals surface area (Å²) in [6, 6.07) is 14.1. The van der Waals surface area contributed by atoms with Gasteiger partial charge in [-0.3, -0.25) is 10.1 Å². The van der Waals surface area contributed by atoms with Gasteiger partial charge in [0.1, 0.15) is 0 Å². The van der Waals surface area contributed by atoms with Crippen LogP contribution in [0.15, 0.2) is 72.1 Å². The van der Waals surface area contributed by atoms with Gasteiger partial charge in [-0.2, -0.15) is 5.10 Å². The molecule has 0 saturated heterocycles. The van der Waals surface area contributed by atoms with Crippen LogP contribution >= 0.6 is 0 Å². The molecule has 10 nitrogen and oxygen atoms in total. The quantitative estimate of drug-likeness (QED) is 0.363. The Labute approximate surface area is 189 Å². The number of hydrogen-bond donors (Lipinski definition) is 1. The Balaban J connectivity index is 1.96. The summed E-state index contributed by atoms with van der Waals surface area (Å²) in [5.41, 5.74) is 2.71. The third kappa shape index (κ3) is 3.93. The number of urea groups is 1. The zero-order valence-electron chi connectivity index (χ0n) is 18.2. The van der Waals surface area contributed by atoms with Gasteiger partial charge < -0.3 is 15.0 Å². The van der Waals surface area contributed by atoms with Crippen molar-refractivity contribution in [2.45, 2.75) is 13.0 Å². The largest absolute Gasteiger partial charge is 0.466 e. The second-order valence-electron chi connectivity index (χ2n) is 7.45. The Kier molecular flexibility index (Phi) is 5.65. The molecule has 33 heavy (non-hydrogen) atoms. The third-order valence-corrected chi connectivity index (χ3v) is 5.56. The molecule has 4 rings (SSSR count). The number of benzene rings is 2. The van der Waals surface area contributed by atoms with Crippen LogP contribution in [0.1, 0.15) is 18.5 Å². The number of carbonyl (C=O) groups excluding carboxylic acids is 2. The molecule has 1 aliphatic rings. The fraction of sp³-hybridized carbons (Fsp3) is 0.174. The summed E-state index contributed by atoms with van der Waals surface area (Å²) in [5, 5.41) is 18.8. The maximum atomic E-state index is 12.7. The maximum absolute atomic E-state index is 12.7. The van der Waals surface area contributed by atoms with Crippen molar-refractivity contribution in [3.05, 3.63) is 87.7 Å². The predicted octanol–water partition coefficient (Wildman–Crippen LogP) is 3.59. The summed E-state index contributed by atoms with van der Waals surface area (Å²) in [5.74, 6) is -0.596. The summed E-state index contributed by atoms with van der Waals surface area (Å²) < 4.78 is 6.60. The van der Waals surface area contributed by atoms with E-state index in [1.165, 1.54) is 24.1 Å². The van der Waals surface area contributed by atoms with E-state index in [1.807, 2.05) is 30.3 Å². The lowest BCUT2D eigenvalue weighted by atomic mass is 9.93. The second kappa shape index (κ2) is 8.58. The molecule has 2 aromatic carbocycles. The molecule has 2 amide bonds. The maximum Gasteiger partial charge on any atom is 0.337 e. The van der Waals surface area contributed by atoms with Gasteiger partial charge in [-0.1, -0.05) is 30.3 Å². The van der Waals surface area contributed by atoms with E-state index in [4.69, 9.17) is 4.74 Å². The molecule has 168 valence electrons. The molecule has 3 aromatic rings. The van der Waals surface area contributed by atoms with Gasteiger partial charge in [-0.05, 0) is 19.1 Å². The molecule has 10 heteroatoms. The standard InChI is InChI=1S/C23H21N5O5/c1-14-19(22(29)33-3)21(24-23(30)26(14)2)18-13-27(16-9-5-4-6-10-16)25-20(18)15-8-7-11-17(12-15)28(31)32/h4-13,21H,1-3H3,(H,24,30). The van der Waals surface area contributed by atoms with Gasteiger partial charge in [-0.15, -0.1) is 0 Å². The van der Waals surface area contributed by atoms with Crippen LogP contribution in [0.2, 0.25) is 0 Å². The van der Waals surface area contributed by atoms with Crippen LogP contribution < -0.4 is 5.32 Å². The molecule has 0 bridgehead atoms. The monoisotopic (exact) mass is 447 g/mol. The van der Waals surface area contributed by atoms with E-state index in [-0.39, 0.29) is 11.3 Å². The minimum atomic E-state index is -0.868. The average molecular weight is 447 g/mol. The van der Waals surface area contributed by atoms with E-state index in [0.717, 1.165) is 5.69 Å². The van der Waals surface area contributed by atoms with E-state index in [1.54, 1.807) is 37.0 Å². The number of nitro groups is 1. The third-order valence-electron chi connectivity index (χ3n) is 5.56. The van der Waals surface area contributed by atoms with Crippen molar-refractivity contribution < 1.29 is 19.2 Å². The van der Waals surface area contributed by atoms with Crippen molar-refractivity contribution in [1.82, 2.24) is 20.0 Å². The van der Waals surface area contributed by atoms with Crippen molar-refractivity contribution in [3.63, 3.8) is 0 Å². The number of carbonyl (C=O) groups is 2. The van der Waals surface area contributed by atoms with Crippen molar-refractivity contribution >= 4 is 17.7 Å². The molecule has 1 unspecified atom stereocenters. The van der Waals surface area contributed by atoms with Crippen molar-refractivity contribution in [1.29, 1.82) is 0 Å². The number of aromatic nitrogens is 2. The molecular weight excluding hydrogens is 426 g/mol. The Bertz CT molecular complexity index is 1280. The highest BCUT2D eigenvalue weighted by atomic mass is 16.6. The molecule has 1 atom stereocenters. The zero-order valence-corrected chi connectivity index (χ0v) is 18.2. The zero-order chi connectivity index (χ0) is 23.7. The summed E-state index contributed by atoms with van der Waals surface area (Å²) >= 11 is 0.